The highest BCUT2D eigenvalue weighted by Gasteiger charge is 2.07. The van der Waals surface area contributed by atoms with E-state index in [-0.39, 0.29) is 0 Å². The number of hydrogen-bond acceptors (Lipinski definition) is 4. The van der Waals surface area contributed by atoms with Crippen LogP contribution < -0.4 is 10.6 Å². The van der Waals surface area contributed by atoms with Crippen molar-refractivity contribution in [3.8, 4) is 0 Å². The van der Waals surface area contributed by atoms with Crippen LogP contribution in [0.15, 0.2) is 0 Å². The number of rotatable bonds is 5. The van der Waals surface area contributed by atoms with E-state index in [4.69, 9.17) is 11.6 Å². The summed E-state index contributed by atoms with van der Waals surface area (Å²) in [5.41, 5.74) is 4.63. The summed E-state index contributed by atoms with van der Waals surface area (Å²) in [6.07, 6.45) is 0. The molecule has 0 bridgehead atoms. The third-order valence-electron chi connectivity index (χ3n) is 0.544. The van der Waals surface area contributed by atoms with Gasteiger partial charge < -0.3 is 5.73 Å². The summed E-state index contributed by atoms with van der Waals surface area (Å²) in [7, 11) is -3.63. The second-order valence-corrected chi connectivity index (χ2v) is 3.83. The third-order valence-corrected chi connectivity index (χ3v) is 2.06. The molecule has 0 saturated carbocycles. The van der Waals surface area contributed by atoms with Crippen molar-refractivity contribution in [3.05, 3.63) is 0 Å². The lowest BCUT2D eigenvalue weighted by Gasteiger charge is -2.00. The van der Waals surface area contributed by atoms with Crippen molar-refractivity contribution in [2.24, 2.45) is 5.73 Å². The normalized spacial score (nSPS) is 11.4. The van der Waals surface area contributed by atoms with Crippen LogP contribution in [0.1, 0.15) is 0 Å². The Morgan fingerprint density at radius 2 is 2.18 bits per heavy atom. The summed E-state index contributed by atoms with van der Waals surface area (Å²) in [6.45, 7) is -0.518. The maximum atomic E-state index is 10.5. The van der Waals surface area contributed by atoms with Crippen LogP contribution in [-0.4, -0.2) is 26.1 Å². The number of nitrogens with two attached hydrogens (primary N) is 1. The number of primary amides is 1. The molecule has 0 unspecified atom stereocenters. The highest BCUT2D eigenvalue weighted by atomic mass is 35.5. The van der Waals surface area contributed by atoms with Crippen LogP contribution in [0.2, 0.25) is 0 Å². The van der Waals surface area contributed by atoms with Crippen molar-refractivity contribution in [1.82, 2.24) is 4.89 Å². The minimum Gasteiger partial charge on any atom is -0.368 e. The van der Waals surface area contributed by atoms with Gasteiger partial charge in [-0.2, -0.15) is 0 Å². The third kappa shape index (κ3) is 6.05. The number of sulfonamides is 1. The van der Waals surface area contributed by atoms with Gasteiger partial charge in [0.25, 0.3) is 0 Å². The Hall–Kier alpha value is -0.370. The van der Waals surface area contributed by atoms with Crippen molar-refractivity contribution in [1.29, 1.82) is 0 Å². The fourth-order valence-corrected chi connectivity index (χ4v) is 0.629. The number of alkyl halides is 1. The van der Waals surface area contributed by atoms with Crippen molar-refractivity contribution in [2.45, 2.75) is 0 Å². The van der Waals surface area contributed by atoms with Gasteiger partial charge in [-0.25, -0.2) is 8.42 Å². The Labute approximate surface area is 68.7 Å². The van der Waals surface area contributed by atoms with Gasteiger partial charge in [-0.15, -0.1) is 11.6 Å². The van der Waals surface area contributed by atoms with Crippen LogP contribution in [0.5, 0.6) is 0 Å². The highest BCUT2D eigenvalue weighted by Crippen LogP contribution is 1.86. The molecular weight excluding hydrogens is 196 g/mol. The average molecular weight is 203 g/mol. The minimum atomic E-state index is -3.63. The molecule has 0 heterocycles. The van der Waals surface area contributed by atoms with Crippen LogP contribution >= 0.6 is 11.6 Å². The molecule has 0 aliphatic rings. The zero-order valence-electron chi connectivity index (χ0n) is 5.41. The number of hydrogen-bond donors (Lipinski definition) is 2. The lowest BCUT2D eigenvalue weighted by Crippen LogP contribution is -2.29. The second-order valence-electron chi connectivity index (χ2n) is 1.56. The van der Waals surface area contributed by atoms with Gasteiger partial charge in [0.2, 0.25) is 15.9 Å². The maximum Gasteiger partial charge on any atom is 0.247 e. The lowest BCUT2D eigenvalue weighted by molar-refractivity contribution is -0.123. The summed E-state index contributed by atoms with van der Waals surface area (Å²) in [4.78, 5) is 15.7. The maximum absolute atomic E-state index is 10.5. The summed E-state index contributed by atoms with van der Waals surface area (Å²) < 4.78 is 20.9. The Morgan fingerprint density at radius 1 is 1.64 bits per heavy atom. The minimum absolute atomic E-state index is 0.518. The standard InChI is InChI=1S/C3H7ClN2O4S/c4-2-11(8,9)6-10-1-3(5)7/h6H,1-2H2,(H2,5,7). The lowest BCUT2D eigenvalue weighted by atomic mass is 10.7. The summed E-state index contributed by atoms with van der Waals surface area (Å²) in [6, 6.07) is 0. The fourth-order valence-electron chi connectivity index (χ4n) is 0.213. The van der Waals surface area contributed by atoms with E-state index in [0.29, 0.717) is 0 Å². The largest absolute Gasteiger partial charge is 0.368 e. The molecule has 8 heteroatoms. The quantitative estimate of drug-likeness (QED) is 0.420. The first kappa shape index (κ1) is 10.6. The van der Waals surface area contributed by atoms with E-state index in [0.717, 1.165) is 0 Å². The van der Waals surface area contributed by atoms with E-state index in [1.807, 2.05) is 0 Å². The summed E-state index contributed by atoms with van der Waals surface area (Å²) in [5, 5.41) is -0.633. The number of nitrogens with one attached hydrogen (secondary N) is 1. The number of carbonyl (C=O) groups excluding carboxylic acids is 1. The summed E-state index contributed by atoms with van der Waals surface area (Å²) >= 11 is 4.96. The Balaban J connectivity index is 3.63. The van der Waals surface area contributed by atoms with Crippen molar-refractivity contribution < 1.29 is 18.0 Å². The van der Waals surface area contributed by atoms with Crippen molar-refractivity contribution >= 4 is 27.5 Å². The highest BCUT2D eigenvalue weighted by molar-refractivity contribution is 7.90. The SMILES string of the molecule is NC(=O)CONS(=O)(=O)CCl. The van der Waals surface area contributed by atoms with Crippen molar-refractivity contribution in [2.75, 3.05) is 11.8 Å². The Kier molecular flexibility index (Phi) is 4.34. The predicted octanol–water partition coefficient (Wildman–Crippen LogP) is -1.48. The monoisotopic (exact) mass is 202 g/mol. The molecule has 0 fully saturated rings. The van der Waals surface area contributed by atoms with Gasteiger partial charge in [-0.05, 0) is 0 Å². The Bertz CT molecular complexity index is 225. The zero-order chi connectivity index (χ0) is 8.91. The Morgan fingerprint density at radius 3 is 2.55 bits per heavy atom. The molecule has 0 radical (unpaired) electrons. The van der Waals surface area contributed by atoms with Gasteiger partial charge in [-0.3, -0.25) is 9.63 Å². The van der Waals surface area contributed by atoms with Gasteiger partial charge in [-0.1, -0.05) is 4.89 Å². The van der Waals surface area contributed by atoms with Gasteiger partial charge in [0.15, 0.2) is 0 Å². The van der Waals surface area contributed by atoms with E-state index in [1.165, 1.54) is 0 Å². The van der Waals surface area contributed by atoms with E-state index >= 15 is 0 Å². The van der Waals surface area contributed by atoms with Crippen LogP contribution in [0, 0.1) is 0 Å². The molecule has 3 N–H and O–H groups in total. The van der Waals surface area contributed by atoms with E-state index in [2.05, 4.69) is 10.6 Å². The van der Waals surface area contributed by atoms with Gasteiger partial charge in [0.05, 0.1) is 0 Å². The first-order valence-corrected chi connectivity index (χ1v) is 4.62. The first-order valence-electron chi connectivity index (χ1n) is 2.43. The molecule has 0 aromatic heterocycles. The molecule has 66 valence electrons. The van der Waals surface area contributed by atoms with Crippen molar-refractivity contribution in [3.63, 3.8) is 0 Å². The molecular formula is C3H7ClN2O4S. The van der Waals surface area contributed by atoms with Gasteiger partial charge >= 0.3 is 0 Å². The molecule has 0 spiro atoms. The molecule has 6 nitrogen and oxygen atoms in total. The van der Waals surface area contributed by atoms with Crippen LogP contribution in [0.4, 0.5) is 0 Å². The molecule has 0 saturated heterocycles. The van der Waals surface area contributed by atoms with Gasteiger partial charge in [0, 0.05) is 0 Å². The fraction of sp³-hybridized carbons (Fsp3) is 0.667. The van der Waals surface area contributed by atoms with E-state index in [1.54, 1.807) is 4.89 Å². The average Bonchev–Trinajstić information content (AvgIpc) is 1.87. The topological polar surface area (TPSA) is 98.5 Å². The molecule has 0 rings (SSSR count). The van der Waals surface area contributed by atoms with E-state index < -0.39 is 27.7 Å². The number of halogens is 1. The molecule has 0 atom stereocenters. The molecule has 0 aliphatic heterocycles. The smallest absolute Gasteiger partial charge is 0.247 e. The summed E-state index contributed by atoms with van der Waals surface area (Å²) in [5.74, 6) is -0.776. The molecule has 0 aliphatic carbocycles. The molecule has 0 aromatic rings. The first-order chi connectivity index (χ1) is 4.98. The predicted molar refractivity (Wildman–Crippen MR) is 37.9 cm³/mol. The van der Waals surface area contributed by atoms with Crippen LogP contribution in [0.25, 0.3) is 0 Å². The number of carbonyl (C=O) groups is 1. The molecule has 11 heavy (non-hydrogen) atoms. The van der Waals surface area contributed by atoms with Crippen LogP contribution in [-0.2, 0) is 19.7 Å². The molecule has 0 aromatic carbocycles. The number of amides is 1. The second kappa shape index (κ2) is 4.50. The zero-order valence-corrected chi connectivity index (χ0v) is 6.98. The molecule has 1 amide bonds. The van der Waals surface area contributed by atoms with Crippen LogP contribution in [0.3, 0.4) is 0 Å². The van der Waals surface area contributed by atoms with E-state index in [9.17, 15) is 13.2 Å². The van der Waals surface area contributed by atoms with Gasteiger partial charge in [0.1, 0.15) is 11.8 Å².